The number of furan rings is 1. The molecule has 0 amide bonds. The number of halogens is 1. The minimum absolute atomic E-state index is 0.239. The van der Waals surface area contributed by atoms with Crippen LogP contribution in [0.25, 0.3) is 11.0 Å². The molecule has 0 aliphatic carbocycles. The van der Waals surface area contributed by atoms with Gasteiger partial charge in [0.15, 0.2) is 0 Å². The monoisotopic (exact) mass is 283 g/mol. The summed E-state index contributed by atoms with van der Waals surface area (Å²) in [5, 5.41) is 0.961. The summed E-state index contributed by atoms with van der Waals surface area (Å²) in [6, 6.07) is 12.6. The van der Waals surface area contributed by atoms with E-state index in [1.807, 2.05) is 37.3 Å². The molecular formula is C18H18FNO. The molecule has 0 saturated carbocycles. The van der Waals surface area contributed by atoms with E-state index in [0.29, 0.717) is 11.1 Å². The lowest BCUT2D eigenvalue weighted by atomic mass is 9.94. The van der Waals surface area contributed by atoms with Crippen molar-refractivity contribution >= 4 is 11.0 Å². The Morgan fingerprint density at radius 3 is 2.67 bits per heavy atom. The van der Waals surface area contributed by atoms with Gasteiger partial charge in [-0.3, -0.25) is 0 Å². The first-order valence-electron chi connectivity index (χ1n) is 7.14. The summed E-state index contributed by atoms with van der Waals surface area (Å²) in [5.41, 5.74) is 9.17. The predicted octanol–water partition coefficient (Wildman–Crippen LogP) is 4.49. The van der Waals surface area contributed by atoms with Crippen molar-refractivity contribution in [1.82, 2.24) is 0 Å². The molecule has 1 heterocycles. The molecule has 3 rings (SSSR count). The number of hydrogen-bond acceptors (Lipinski definition) is 2. The molecule has 0 bridgehead atoms. The standard InChI is InChI=1S/C18H18FNO/c1-3-14-16(12-8-4-5-10-15(12)21-14)18(20)13-9-6-7-11(2)17(13)19/h4-10,18H,3,20H2,1-2H3. The van der Waals surface area contributed by atoms with Gasteiger partial charge in [-0.05, 0) is 18.6 Å². The molecule has 0 radical (unpaired) electrons. The maximum absolute atomic E-state index is 14.4. The number of rotatable bonds is 3. The second kappa shape index (κ2) is 5.34. The Morgan fingerprint density at radius 2 is 1.90 bits per heavy atom. The first-order valence-corrected chi connectivity index (χ1v) is 7.14. The van der Waals surface area contributed by atoms with Crippen molar-refractivity contribution in [2.75, 3.05) is 0 Å². The van der Waals surface area contributed by atoms with Gasteiger partial charge in [0.2, 0.25) is 0 Å². The summed E-state index contributed by atoms with van der Waals surface area (Å²) >= 11 is 0. The Bertz CT molecular complexity index is 791. The smallest absolute Gasteiger partial charge is 0.134 e. The summed E-state index contributed by atoms with van der Waals surface area (Å²) in [7, 11) is 0. The van der Waals surface area contributed by atoms with Crippen LogP contribution in [0.5, 0.6) is 0 Å². The van der Waals surface area contributed by atoms with Gasteiger partial charge in [-0.2, -0.15) is 0 Å². The van der Waals surface area contributed by atoms with E-state index in [0.717, 1.165) is 28.7 Å². The zero-order valence-electron chi connectivity index (χ0n) is 12.2. The first-order chi connectivity index (χ1) is 10.1. The largest absolute Gasteiger partial charge is 0.461 e. The first kappa shape index (κ1) is 13.8. The summed E-state index contributed by atoms with van der Waals surface area (Å²) in [4.78, 5) is 0. The fourth-order valence-electron chi connectivity index (χ4n) is 2.79. The zero-order valence-corrected chi connectivity index (χ0v) is 12.2. The Hall–Kier alpha value is -2.13. The van der Waals surface area contributed by atoms with E-state index < -0.39 is 6.04 Å². The van der Waals surface area contributed by atoms with Crippen molar-refractivity contribution in [2.24, 2.45) is 5.73 Å². The molecule has 2 N–H and O–H groups in total. The molecule has 3 heteroatoms. The van der Waals surface area contributed by atoms with Crippen molar-refractivity contribution < 1.29 is 8.81 Å². The predicted molar refractivity (Wildman–Crippen MR) is 82.8 cm³/mol. The lowest BCUT2D eigenvalue weighted by Crippen LogP contribution is -2.15. The van der Waals surface area contributed by atoms with E-state index in [1.165, 1.54) is 0 Å². The number of aryl methyl sites for hydroxylation is 2. The van der Waals surface area contributed by atoms with Gasteiger partial charge < -0.3 is 10.2 Å². The fraction of sp³-hybridized carbons (Fsp3) is 0.222. The molecule has 2 nitrogen and oxygen atoms in total. The van der Waals surface area contributed by atoms with Gasteiger partial charge in [-0.25, -0.2) is 4.39 Å². The quantitative estimate of drug-likeness (QED) is 0.769. The highest BCUT2D eigenvalue weighted by atomic mass is 19.1. The third-order valence-electron chi connectivity index (χ3n) is 3.90. The third kappa shape index (κ3) is 2.24. The average molecular weight is 283 g/mol. The summed E-state index contributed by atoms with van der Waals surface area (Å²) in [6.07, 6.45) is 0.727. The Kier molecular flexibility index (Phi) is 3.52. The Balaban J connectivity index is 2.21. The van der Waals surface area contributed by atoms with Gasteiger partial charge in [-0.1, -0.05) is 43.3 Å². The van der Waals surface area contributed by atoms with Gasteiger partial charge in [0.25, 0.3) is 0 Å². The lowest BCUT2D eigenvalue weighted by Gasteiger charge is -2.15. The molecule has 1 unspecified atom stereocenters. The normalized spacial score (nSPS) is 12.8. The lowest BCUT2D eigenvalue weighted by molar-refractivity contribution is 0.542. The summed E-state index contributed by atoms with van der Waals surface area (Å²) in [5.74, 6) is 0.585. The number of hydrogen-bond donors (Lipinski definition) is 1. The third-order valence-corrected chi connectivity index (χ3v) is 3.90. The Morgan fingerprint density at radius 1 is 1.14 bits per heavy atom. The van der Waals surface area contributed by atoms with Crippen LogP contribution in [0.15, 0.2) is 46.9 Å². The maximum Gasteiger partial charge on any atom is 0.134 e. The van der Waals surface area contributed by atoms with E-state index in [2.05, 4.69) is 0 Å². The minimum Gasteiger partial charge on any atom is -0.461 e. The van der Waals surface area contributed by atoms with Crippen LogP contribution in [0.4, 0.5) is 4.39 Å². The molecule has 0 saturated heterocycles. The van der Waals surface area contributed by atoms with Crippen LogP contribution < -0.4 is 5.73 Å². The van der Waals surface area contributed by atoms with E-state index >= 15 is 0 Å². The molecule has 0 aliphatic rings. The highest BCUT2D eigenvalue weighted by Crippen LogP contribution is 2.34. The molecule has 21 heavy (non-hydrogen) atoms. The number of para-hydroxylation sites is 1. The van der Waals surface area contributed by atoms with E-state index in [-0.39, 0.29) is 5.82 Å². The fourth-order valence-corrected chi connectivity index (χ4v) is 2.79. The van der Waals surface area contributed by atoms with Crippen molar-refractivity contribution in [1.29, 1.82) is 0 Å². The van der Waals surface area contributed by atoms with Gasteiger partial charge in [0, 0.05) is 22.9 Å². The van der Waals surface area contributed by atoms with E-state index in [1.54, 1.807) is 19.1 Å². The van der Waals surface area contributed by atoms with E-state index in [9.17, 15) is 4.39 Å². The topological polar surface area (TPSA) is 39.2 Å². The Labute approximate surface area is 123 Å². The zero-order chi connectivity index (χ0) is 15.0. The number of nitrogens with two attached hydrogens (primary N) is 1. The van der Waals surface area contributed by atoms with Crippen LogP contribution in [-0.2, 0) is 6.42 Å². The molecule has 1 aromatic heterocycles. The summed E-state index contributed by atoms with van der Waals surface area (Å²) in [6.45, 7) is 3.76. The molecule has 108 valence electrons. The van der Waals surface area contributed by atoms with Crippen LogP contribution in [0.3, 0.4) is 0 Å². The van der Waals surface area contributed by atoms with Crippen LogP contribution in [0, 0.1) is 12.7 Å². The van der Waals surface area contributed by atoms with Crippen LogP contribution >= 0.6 is 0 Å². The van der Waals surface area contributed by atoms with Crippen LogP contribution in [0.2, 0.25) is 0 Å². The number of benzene rings is 2. The maximum atomic E-state index is 14.4. The minimum atomic E-state index is -0.525. The molecular weight excluding hydrogens is 265 g/mol. The average Bonchev–Trinajstić information content (AvgIpc) is 2.88. The van der Waals surface area contributed by atoms with Gasteiger partial charge >= 0.3 is 0 Å². The number of fused-ring (bicyclic) bond motifs is 1. The van der Waals surface area contributed by atoms with Gasteiger partial charge in [0.05, 0.1) is 6.04 Å². The molecule has 1 atom stereocenters. The van der Waals surface area contributed by atoms with Gasteiger partial charge in [-0.15, -0.1) is 0 Å². The van der Waals surface area contributed by atoms with Crippen LogP contribution in [0.1, 0.15) is 35.4 Å². The molecule has 0 aliphatic heterocycles. The van der Waals surface area contributed by atoms with Crippen LogP contribution in [-0.4, -0.2) is 0 Å². The van der Waals surface area contributed by atoms with Crippen molar-refractivity contribution in [2.45, 2.75) is 26.3 Å². The second-order valence-corrected chi connectivity index (χ2v) is 5.24. The second-order valence-electron chi connectivity index (χ2n) is 5.24. The van der Waals surface area contributed by atoms with Crippen molar-refractivity contribution in [3.63, 3.8) is 0 Å². The van der Waals surface area contributed by atoms with Crippen molar-refractivity contribution in [3.05, 3.63) is 70.7 Å². The van der Waals surface area contributed by atoms with Gasteiger partial charge in [0.1, 0.15) is 17.2 Å². The van der Waals surface area contributed by atoms with Crippen molar-refractivity contribution in [3.8, 4) is 0 Å². The highest BCUT2D eigenvalue weighted by Gasteiger charge is 2.22. The SMILES string of the molecule is CCc1oc2ccccc2c1C(N)c1cccc(C)c1F. The summed E-state index contributed by atoms with van der Waals surface area (Å²) < 4.78 is 20.2. The molecule has 3 aromatic rings. The molecule has 0 spiro atoms. The molecule has 2 aromatic carbocycles. The molecule has 0 fully saturated rings. The highest BCUT2D eigenvalue weighted by molar-refractivity contribution is 5.83. The van der Waals surface area contributed by atoms with E-state index in [4.69, 9.17) is 10.2 Å².